The fourth-order valence-electron chi connectivity index (χ4n) is 2.14. The number of amides is 1. The first-order valence-electron chi connectivity index (χ1n) is 7.49. The lowest BCUT2D eigenvalue weighted by atomic mass is 10.2. The summed E-state index contributed by atoms with van der Waals surface area (Å²) in [7, 11) is 0. The van der Waals surface area contributed by atoms with E-state index in [4.69, 9.17) is 15.7 Å². The quantitative estimate of drug-likeness (QED) is 0.306. The lowest BCUT2D eigenvalue weighted by molar-refractivity contribution is -0.112. The molecule has 0 bridgehead atoms. The van der Waals surface area contributed by atoms with Gasteiger partial charge in [0.1, 0.15) is 11.6 Å². The molecule has 23 heavy (non-hydrogen) atoms. The van der Waals surface area contributed by atoms with Gasteiger partial charge in [0.05, 0.1) is 13.2 Å². The average Bonchev–Trinajstić information content (AvgIpc) is 2.58. The van der Waals surface area contributed by atoms with E-state index < -0.39 is 5.91 Å². The number of nitrogens with one attached hydrogen (secondary N) is 2. The normalized spacial score (nSPS) is 15.7. The first-order valence-corrected chi connectivity index (χ1v) is 7.49. The second kappa shape index (κ2) is 8.78. The van der Waals surface area contributed by atoms with Gasteiger partial charge in [-0.15, -0.1) is 0 Å². The third-order valence-corrected chi connectivity index (χ3v) is 3.46. The highest BCUT2D eigenvalue weighted by Gasteiger charge is 2.10. The molecule has 1 amide bonds. The SMILES string of the molecule is N#C/C(=C/NCCN1CCOCC1)C(=O)Nc1ccc(N)cc1. The zero-order chi connectivity index (χ0) is 16.5. The first kappa shape index (κ1) is 16.8. The molecule has 0 atom stereocenters. The Morgan fingerprint density at radius 3 is 2.70 bits per heavy atom. The van der Waals surface area contributed by atoms with Crippen LogP contribution in [0.1, 0.15) is 0 Å². The van der Waals surface area contributed by atoms with Crippen LogP contribution in [0.25, 0.3) is 0 Å². The summed E-state index contributed by atoms with van der Waals surface area (Å²) in [6.45, 7) is 4.84. The van der Waals surface area contributed by atoms with Crippen LogP contribution >= 0.6 is 0 Å². The van der Waals surface area contributed by atoms with Crippen molar-refractivity contribution in [3.63, 3.8) is 0 Å². The molecule has 4 N–H and O–H groups in total. The Hall–Kier alpha value is -2.56. The van der Waals surface area contributed by atoms with E-state index in [1.807, 2.05) is 6.07 Å². The number of carbonyl (C=O) groups excluding carboxylic acids is 1. The topological polar surface area (TPSA) is 103 Å². The van der Waals surface area contributed by atoms with Gasteiger partial charge in [-0.25, -0.2) is 0 Å². The van der Waals surface area contributed by atoms with Gasteiger partial charge in [0.15, 0.2) is 0 Å². The molecule has 2 rings (SSSR count). The van der Waals surface area contributed by atoms with Crippen molar-refractivity contribution in [3.8, 4) is 6.07 Å². The van der Waals surface area contributed by atoms with E-state index in [-0.39, 0.29) is 5.57 Å². The van der Waals surface area contributed by atoms with Gasteiger partial charge in [-0.2, -0.15) is 5.26 Å². The Kier molecular flexibility index (Phi) is 6.41. The van der Waals surface area contributed by atoms with Gasteiger partial charge in [0.2, 0.25) is 0 Å². The molecule has 0 radical (unpaired) electrons. The molecule has 1 aliphatic heterocycles. The van der Waals surface area contributed by atoms with Crippen LogP contribution in [-0.2, 0) is 9.53 Å². The predicted molar refractivity (Wildman–Crippen MR) is 88.4 cm³/mol. The minimum atomic E-state index is -0.448. The highest BCUT2D eigenvalue weighted by Crippen LogP contribution is 2.11. The van der Waals surface area contributed by atoms with Crippen LogP contribution in [-0.4, -0.2) is 50.2 Å². The molecule has 122 valence electrons. The molecule has 0 saturated carbocycles. The van der Waals surface area contributed by atoms with Crippen molar-refractivity contribution < 1.29 is 9.53 Å². The van der Waals surface area contributed by atoms with Gasteiger partial charge in [-0.3, -0.25) is 9.69 Å². The molecule has 1 aromatic rings. The minimum absolute atomic E-state index is 0.0313. The van der Waals surface area contributed by atoms with Gasteiger partial charge in [0, 0.05) is 43.8 Å². The second-order valence-electron chi connectivity index (χ2n) is 5.15. The van der Waals surface area contributed by atoms with Crippen LogP contribution in [0.4, 0.5) is 11.4 Å². The Balaban J connectivity index is 1.79. The molecule has 0 spiro atoms. The summed E-state index contributed by atoms with van der Waals surface area (Å²) in [5.74, 6) is -0.448. The molecule has 0 aromatic heterocycles. The maximum Gasteiger partial charge on any atom is 0.267 e. The van der Waals surface area contributed by atoms with E-state index >= 15 is 0 Å². The van der Waals surface area contributed by atoms with E-state index in [0.29, 0.717) is 17.9 Å². The maximum atomic E-state index is 12.0. The monoisotopic (exact) mass is 315 g/mol. The molecule has 7 heteroatoms. The van der Waals surface area contributed by atoms with Crippen LogP contribution < -0.4 is 16.4 Å². The minimum Gasteiger partial charge on any atom is -0.399 e. The van der Waals surface area contributed by atoms with E-state index in [1.165, 1.54) is 6.20 Å². The number of ether oxygens (including phenoxy) is 1. The maximum absolute atomic E-state index is 12.0. The lowest BCUT2D eigenvalue weighted by Gasteiger charge is -2.26. The van der Waals surface area contributed by atoms with E-state index in [2.05, 4.69) is 15.5 Å². The van der Waals surface area contributed by atoms with Crippen LogP contribution in [0.15, 0.2) is 36.0 Å². The Morgan fingerprint density at radius 1 is 1.35 bits per heavy atom. The molecular weight excluding hydrogens is 294 g/mol. The number of nitriles is 1. The number of nitrogens with two attached hydrogens (primary N) is 1. The number of morpholine rings is 1. The molecule has 0 aliphatic carbocycles. The summed E-state index contributed by atoms with van der Waals surface area (Å²) >= 11 is 0. The highest BCUT2D eigenvalue weighted by atomic mass is 16.5. The number of anilines is 2. The van der Waals surface area contributed by atoms with Crippen molar-refractivity contribution in [1.82, 2.24) is 10.2 Å². The zero-order valence-corrected chi connectivity index (χ0v) is 12.9. The molecule has 1 aromatic carbocycles. The fourth-order valence-corrected chi connectivity index (χ4v) is 2.14. The van der Waals surface area contributed by atoms with Crippen molar-refractivity contribution in [2.75, 3.05) is 50.4 Å². The van der Waals surface area contributed by atoms with Crippen molar-refractivity contribution in [2.45, 2.75) is 0 Å². The van der Waals surface area contributed by atoms with Gasteiger partial charge in [-0.1, -0.05) is 0 Å². The number of nitrogen functional groups attached to an aromatic ring is 1. The Morgan fingerprint density at radius 2 is 2.04 bits per heavy atom. The summed E-state index contributed by atoms with van der Waals surface area (Å²) < 4.78 is 5.28. The Labute approximate surface area is 135 Å². The van der Waals surface area contributed by atoms with Crippen molar-refractivity contribution >= 4 is 17.3 Å². The van der Waals surface area contributed by atoms with E-state index in [1.54, 1.807) is 24.3 Å². The van der Waals surface area contributed by atoms with E-state index in [0.717, 1.165) is 32.8 Å². The second-order valence-corrected chi connectivity index (χ2v) is 5.15. The average molecular weight is 315 g/mol. The highest BCUT2D eigenvalue weighted by molar-refractivity contribution is 6.06. The molecule has 7 nitrogen and oxygen atoms in total. The van der Waals surface area contributed by atoms with Crippen LogP contribution in [0, 0.1) is 11.3 Å². The number of benzene rings is 1. The first-order chi connectivity index (χ1) is 11.2. The standard InChI is InChI=1S/C16H21N5O2/c17-11-13(12-19-5-6-21-7-9-23-10-8-21)16(22)20-15-3-1-14(18)2-4-15/h1-4,12,19H,5-10,18H2,(H,20,22)/b13-12-. The van der Waals surface area contributed by atoms with Gasteiger partial charge in [-0.05, 0) is 24.3 Å². The predicted octanol–water partition coefficient (Wildman–Crippen LogP) is 0.537. The molecule has 1 fully saturated rings. The van der Waals surface area contributed by atoms with E-state index in [9.17, 15) is 4.79 Å². The Bertz CT molecular complexity index is 585. The zero-order valence-electron chi connectivity index (χ0n) is 12.9. The molecule has 1 aliphatic rings. The summed E-state index contributed by atoms with van der Waals surface area (Å²) in [5.41, 5.74) is 6.83. The third kappa shape index (κ3) is 5.62. The summed E-state index contributed by atoms with van der Waals surface area (Å²) in [4.78, 5) is 14.3. The largest absolute Gasteiger partial charge is 0.399 e. The molecule has 1 heterocycles. The molecule has 1 saturated heterocycles. The molecule has 0 unspecified atom stereocenters. The number of nitrogens with zero attached hydrogens (tertiary/aromatic N) is 2. The van der Waals surface area contributed by atoms with Gasteiger partial charge >= 0.3 is 0 Å². The van der Waals surface area contributed by atoms with Crippen molar-refractivity contribution in [3.05, 3.63) is 36.0 Å². The number of rotatable bonds is 6. The van der Waals surface area contributed by atoms with Crippen LogP contribution in [0.3, 0.4) is 0 Å². The van der Waals surface area contributed by atoms with Crippen LogP contribution in [0.2, 0.25) is 0 Å². The third-order valence-electron chi connectivity index (χ3n) is 3.46. The van der Waals surface area contributed by atoms with Crippen molar-refractivity contribution in [2.24, 2.45) is 0 Å². The lowest BCUT2D eigenvalue weighted by Crippen LogP contribution is -2.39. The summed E-state index contributed by atoms with van der Waals surface area (Å²) in [5, 5.41) is 14.8. The smallest absolute Gasteiger partial charge is 0.267 e. The fraction of sp³-hybridized carbons (Fsp3) is 0.375. The molecular formula is C16H21N5O2. The number of hydrogen-bond acceptors (Lipinski definition) is 6. The van der Waals surface area contributed by atoms with Crippen LogP contribution in [0.5, 0.6) is 0 Å². The summed E-state index contributed by atoms with van der Waals surface area (Å²) in [6.07, 6.45) is 1.45. The summed E-state index contributed by atoms with van der Waals surface area (Å²) in [6, 6.07) is 8.65. The number of hydrogen-bond donors (Lipinski definition) is 3. The van der Waals surface area contributed by atoms with Crippen molar-refractivity contribution in [1.29, 1.82) is 5.26 Å². The number of carbonyl (C=O) groups is 1. The van der Waals surface area contributed by atoms with Gasteiger partial charge < -0.3 is 21.1 Å². The van der Waals surface area contributed by atoms with Gasteiger partial charge in [0.25, 0.3) is 5.91 Å².